The first kappa shape index (κ1) is 21.8. The number of hydrogen-bond acceptors (Lipinski definition) is 4. The van der Waals surface area contributed by atoms with E-state index >= 15 is 0 Å². The van der Waals surface area contributed by atoms with Gasteiger partial charge in [0.15, 0.2) is 4.80 Å². The number of ether oxygens (including phenoxy) is 2. The van der Waals surface area contributed by atoms with Gasteiger partial charge in [-0.05, 0) is 66.9 Å². The largest absolute Gasteiger partial charge is 0.497 e. The average molecular weight is 425 g/mol. The molecule has 5 nitrogen and oxygen atoms in total. The number of methoxy groups -OCH3 is 1. The highest BCUT2D eigenvalue weighted by Gasteiger charge is 2.14. The van der Waals surface area contributed by atoms with Crippen LogP contribution < -0.4 is 14.3 Å². The minimum Gasteiger partial charge on any atom is -0.497 e. The van der Waals surface area contributed by atoms with Crippen LogP contribution in [0.3, 0.4) is 0 Å². The van der Waals surface area contributed by atoms with Crippen LogP contribution in [-0.4, -0.2) is 24.2 Å². The molecule has 0 spiro atoms. The third-order valence-electron chi connectivity index (χ3n) is 4.85. The Morgan fingerprint density at radius 1 is 1.03 bits per heavy atom. The second-order valence-electron chi connectivity index (χ2n) is 6.94. The van der Waals surface area contributed by atoms with Crippen molar-refractivity contribution in [2.45, 2.75) is 33.1 Å². The van der Waals surface area contributed by atoms with E-state index in [4.69, 9.17) is 9.47 Å². The van der Waals surface area contributed by atoms with Gasteiger partial charge in [-0.25, -0.2) is 0 Å². The minimum atomic E-state index is -0.254. The summed E-state index contributed by atoms with van der Waals surface area (Å²) < 4.78 is 12.9. The van der Waals surface area contributed by atoms with Crippen LogP contribution in [0.2, 0.25) is 0 Å². The fourth-order valence-electron chi connectivity index (χ4n) is 3.13. The molecule has 158 valence electrons. The zero-order chi connectivity index (χ0) is 21.5. The molecule has 0 radical (unpaired) electrons. The maximum atomic E-state index is 12.7. The molecular weight excluding hydrogens is 396 g/mol. The van der Waals surface area contributed by atoms with Crippen LogP contribution in [0.4, 0.5) is 0 Å². The summed E-state index contributed by atoms with van der Waals surface area (Å²) >= 11 is 1.55. The summed E-state index contributed by atoms with van der Waals surface area (Å²) in [6.07, 6.45) is 2.97. The molecule has 1 heterocycles. The lowest BCUT2D eigenvalue weighted by atomic mass is 10.1. The predicted molar refractivity (Wildman–Crippen MR) is 121 cm³/mol. The smallest absolute Gasteiger partial charge is 0.279 e. The van der Waals surface area contributed by atoms with Gasteiger partial charge in [0.25, 0.3) is 5.91 Å². The summed E-state index contributed by atoms with van der Waals surface area (Å²) in [6.45, 7) is 4.93. The molecule has 0 N–H and O–H groups in total. The highest BCUT2D eigenvalue weighted by Crippen LogP contribution is 2.27. The third kappa shape index (κ3) is 5.00. The number of hydrogen-bond donors (Lipinski definition) is 0. The molecule has 1 amide bonds. The molecule has 0 aliphatic heterocycles. The quantitative estimate of drug-likeness (QED) is 0.465. The van der Waals surface area contributed by atoms with Crippen LogP contribution in [0.5, 0.6) is 11.5 Å². The third-order valence-corrected chi connectivity index (χ3v) is 6.13. The maximum Gasteiger partial charge on any atom is 0.279 e. The highest BCUT2D eigenvalue weighted by molar-refractivity contribution is 7.09. The van der Waals surface area contributed by atoms with Crippen LogP contribution in [0.25, 0.3) is 11.3 Å². The monoisotopic (exact) mass is 424 g/mol. The van der Waals surface area contributed by atoms with Crippen molar-refractivity contribution in [3.8, 4) is 22.8 Å². The second kappa shape index (κ2) is 10.3. The number of unbranched alkanes of at least 4 members (excludes halogenated alkanes) is 1. The minimum absolute atomic E-state index is 0.254. The van der Waals surface area contributed by atoms with E-state index in [1.54, 1.807) is 30.6 Å². The van der Waals surface area contributed by atoms with Gasteiger partial charge < -0.3 is 14.0 Å². The van der Waals surface area contributed by atoms with Crippen molar-refractivity contribution < 1.29 is 14.3 Å². The van der Waals surface area contributed by atoms with Gasteiger partial charge in [-0.2, -0.15) is 4.99 Å². The summed E-state index contributed by atoms with van der Waals surface area (Å²) in [5, 5.41) is 0. The summed E-state index contributed by atoms with van der Waals surface area (Å²) in [4.78, 5) is 19.0. The molecule has 30 heavy (non-hydrogen) atoms. The number of rotatable bonds is 8. The molecule has 0 atom stereocenters. The van der Waals surface area contributed by atoms with Crippen molar-refractivity contribution in [3.05, 3.63) is 63.8 Å². The zero-order valence-corrected chi connectivity index (χ0v) is 18.8. The molecule has 0 saturated carbocycles. The molecule has 3 aromatic rings. The normalized spacial score (nSPS) is 11.5. The first-order valence-corrected chi connectivity index (χ1v) is 11.0. The number of carbonyl (C=O) groups is 1. The van der Waals surface area contributed by atoms with E-state index in [1.165, 1.54) is 4.88 Å². The lowest BCUT2D eigenvalue weighted by Crippen LogP contribution is -2.14. The van der Waals surface area contributed by atoms with E-state index in [-0.39, 0.29) is 5.91 Å². The van der Waals surface area contributed by atoms with Gasteiger partial charge in [0.1, 0.15) is 11.5 Å². The Balaban J connectivity index is 1.87. The van der Waals surface area contributed by atoms with E-state index in [0.717, 1.165) is 42.0 Å². The number of nitrogens with zero attached hydrogens (tertiary/aromatic N) is 2. The first-order valence-electron chi connectivity index (χ1n) is 10.2. The molecule has 1 aromatic heterocycles. The van der Waals surface area contributed by atoms with Crippen LogP contribution >= 0.6 is 11.3 Å². The van der Waals surface area contributed by atoms with Crippen molar-refractivity contribution >= 4 is 17.2 Å². The van der Waals surface area contributed by atoms with Gasteiger partial charge in [0.2, 0.25) is 0 Å². The van der Waals surface area contributed by atoms with E-state index in [0.29, 0.717) is 17.0 Å². The number of aryl methyl sites for hydroxylation is 1. The van der Waals surface area contributed by atoms with E-state index in [2.05, 4.69) is 18.8 Å². The van der Waals surface area contributed by atoms with Crippen LogP contribution in [0.1, 0.15) is 41.9 Å². The number of benzene rings is 2. The molecule has 0 fully saturated rings. The molecule has 0 aliphatic rings. The topological polar surface area (TPSA) is 52.8 Å². The van der Waals surface area contributed by atoms with Crippen molar-refractivity contribution in [1.82, 2.24) is 4.57 Å². The molecule has 0 aliphatic carbocycles. The number of carbonyl (C=O) groups excluding carboxylic acids is 1. The van der Waals surface area contributed by atoms with Crippen LogP contribution in [0, 0.1) is 0 Å². The molecule has 2 aromatic carbocycles. The fraction of sp³-hybridized carbons (Fsp3) is 0.333. The Labute approximate surface area is 181 Å². The molecule has 0 unspecified atom stereocenters. The van der Waals surface area contributed by atoms with Gasteiger partial charge >= 0.3 is 0 Å². The Hall–Kier alpha value is -2.86. The summed E-state index contributed by atoms with van der Waals surface area (Å²) in [6, 6.07) is 15.1. The van der Waals surface area contributed by atoms with E-state index in [9.17, 15) is 4.79 Å². The number of thiazole rings is 1. The Morgan fingerprint density at radius 2 is 1.70 bits per heavy atom. The standard InChI is InChI=1S/C24H28N2O3S/c1-5-7-16-29-20-14-10-18(11-15-20)23(27)25-24-26(3)22(21(6-2)30-24)17-8-12-19(28-4)13-9-17/h8-15H,5-7,16H2,1-4H3. The second-order valence-corrected chi connectivity index (χ2v) is 8.00. The Morgan fingerprint density at radius 3 is 2.30 bits per heavy atom. The van der Waals surface area contributed by atoms with Crippen molar-refractivity contribution in [3.63, 3.8) is 0 Å². The molecule has 3 rings (SSSR count). The van der Waals surface area contributed by atoms with Crippen molar-refractivity contribution in [2.75, 3.05) is 13.7 Å². The summed E-state index contributed by atoms with van der Waals surface area (Å²) in [7, 11) is 3.61. The summed E-state index contributed by atoms with van der Waals surface area (Å²) in [5.74, 6) is 1.34. The zero-order valence-electron chi connectivity index (χ0n) is 18.0. The molecule has 0 saturated heterocycles. The molecular formula is C24H28N2O3S. The van der Waals surface area contributed by atoms with Crippen molar-refractivity contribution in [2.24, 2.45) is 12.0 Å². The number of aromatic nitrogens is 1. The lowest BCUT2D eigenvalue weighted by Gasteiger charge is -2.07. The SMILES string of the molecule is CCCCOc1ccc(C(=O)N=c2sc(CC)c(-c3ccc(OC)cc3)n2C)cc1. The van der Waals surface area contributed by atoms with Gasteiger partial charge in [0.05, 0.1) is 19.4 Å². The van der Waals surface area contributed by atoms with Crippen LogP contribution in [-0.2, 0) is 13.5 Å². The molecule has 0 bridgehead atoms. The average Bonchev–Trinajstić information content (AvgIpc) is 3.09. The maximum absolute atomic E-state index is 12.7. The Bertz CT molecular complexity index is 1050. The van der Waals surface area contributed by atoms with Gasteiger partial charge in [-0.1, -0.05) is 20.3 Å². The van der Waals surface area contributed by atoms with E-state index in [1.807, 2.05) is 48.0 Å². The highest BCUT2D eigenvalue weighted by atomic mass is 32.1. The Kier molecular flexibility index (Phi) is 7.46. The predicted octanol–water partition coefficient (Wildman–Crippen LogP) is 5.24. The van der Waals surface area contributed by atoms with Crippen LogP contribution in [0.15, 0.2) is 53.5 Å². The fourth-order valence-corrected chi connectivity index (χ4v) is 4.20. The first-order chi connectivity index (χ1) is 14.6. The van der Waals surface area contributed by atoms with Crippen molar-refractivity contribution in [1.29, 1.82) is 0 Å². The van der Waals surface area contributed by atoms with Gasteiger partial charge in [-0.15, -0.1) is 11.3 Å². The number of amides is 1. The summed E-state index contributed by atoms with van der Waals surface area (Å²) in [5.41, 5.74) is 2.71. The van der Waals surface area contributed by atoms with Gasteiger partial charge in [0, 0.05) is 17.5 Å². The lowest BCUT2D eigenvalue weighted by molar-refractivity contribution is 0.0998. The van der Waals surface area contributed by atoms with Gasteiger partial charge in [-0.3, -0.25) is 4.79 Å². The van der Waals surface area contributed by atoms with E-state index < -0.39 is 0 Å². The molecule has 6 heteroatoms.